The highest BCUT2D eigenvalue weighted by atomic mass is 32.1. The van der Waals surface area contributed by atoms with Gasteiger partial charge in [-0.05, 0) is 37.1 Å². The van der Waals surface area contributed by atoms with E-state index in [2.05, 4.69) is 17.6 Å². The number of carbonyl (C=O) groups is 2. The molecular formula is C19H18N4O3S. The van der Waals surface area contributed by atoms with Gasteiger partial charge in [0.15, 0.2) is 0 Å². The number of hydrogen-bond acceptors (Lipinski definition) is 6. The van der Waals surface area contributed by atoms with Crippen LogP contribution in [0.4, 0.5) is 15.5 Å². The maximum Gasteiger partial charge on any atom is 0.410 e. The van der Waals surface area contributed by atoms with Crippen LogP contribution in [0.5, 0.6) is 0 Å². The number of thiophene rings is 1. The highest BCUT2D eigenvalue weighted by Gasteiger charge is 2.31. The number of aromatic nitrogens is 1. The van der Waals surface area contributed by atoms with Gasteiger partial charge in [0, 0.05) is 17.6 Å². The number of anilines is 2. The molecule has 2 aromatic heterocycles. The third kappa shape index (κ3) is 3.55. The first-order valence-electron chi connectivity index (χ1n) is 8.43. The van der Waals surface area contributed by atoms with Crippen molar-refractivity contribution in [2.75, 3.05) is 18.1 Å². The second-order valence-corrected chi connectivity index (χ2v) is 6.84. The van der Waals surface area contributed by atoms with E-state index in [0.29, 0.717) is 42.4 Å². The lowest BCUT2D eigenvalue weighted by Gasteiger charge is -2.25. The van der Waals surface area contributed by atoms with Gasteiger partial charge in [-0.3, -0.25) is 14.7 Å². The van der Waals surface area contributed by atoms with E-state index in [1.807, 2.05) is 0 Å². The zero-order valence-electron chi connectivity index (χ0n) is 14.8. The predicted molar refractivity (Wildman–Crippen MR) is 102 cm³/mol. The topological polar surface area (TPSA) is 86.5 Å². The number of ether oxygens (including phenoxy) is 1. The van der Waals surface area contributed by atoms with Crippen molar-refractivity contribution in [3.8, 4) is 6.07 Å². The van der Waals surface area contributed by atoms with Crippen LogP contribution in [0, 0.1) is 11.3 Å². The number of amides is 2. The van der Waals surface area contributed by atoms with Crippen LogP contribution in [0.2, 0.25) is 0 Å². The number of nitriles is 1. The lowest BCUT2D eigenvalue weighted by atomic mass is 10.0. The van der Waals surface area contributed by atoms with Crippen LogP contribution < -0.4 is 4.90 Å². The van der Waals surface area contributed by atoms with Crippen LogP contribution in [0.25, 0.3) is 0 Å². The van der Waals surface area contributed by atoms with E-state index in [1.54, 1.807) is 36.4 Å². The van der Waals surface area contributed by atoms with Crippen LogP contribution >= 0.6 is 11.3 Å². The first-order valence-corrected chi connectivity index (χ1v) is 9.25. The fourth-order valence-electron chi connectivity index (χ4n) is 2.95. The Balaban J connectivity index is 2.04. The number of carbonyl (C=O) groups excluding carboxylic acids is 2. The molecule has 7 nitrogen and oxygen atoms in total. The number of hydrogen-bond donors (Lipinski definition) is 0. The predicted octanol–water partition coefficient (Wildman–Crippen LogP) is 3.38. The van der Waals surface area contributed by atoms with E-state index in [-0.39, 0.29) is 12.0 Å². The summed E-state index contributed by atoms with van der Waals surface area (Å²) in [6.07, 6.45) is 4.55. The summed E-state index contributed by atoms with van der Waals surface area (Å²) in [5, 5.41) is 10.3. The Morgan fingerprint density at radius 3 is 3.00 bits per heavy atom. The van der Waals surface area contributed by atoms with Crippen molar-refractivity contribution in [1.82, 2.24) is 9.88 Å². The van der Waals surface area contributed by atoms with Crippen molar-refractivity contribution in [3.05, 3.63) is 53.2 Å². The SMILES string of the molecule is C=CC(=O)N(c1cccnc1)c1sc2c(c1C#N)CCN(C(=O)OCC)C2. The summed E-state index contributed by atoms with van der Waals surface area (Å²) < 4.78 is 5.07. The van der Waals surface area contributed by atoms with Crippen molar-refractivity contribution in [3.63, 3.8) is 0 Å². The molecule has 3 heterocycles. The largest absolute Gasteiger partial charge is 0.450 e. The molecule has 0 bridgehead atoms. The summed E-state index contributed by atoms with van der Waals surface area (Å²) in [5.74, 6) is -0.347. The Morgan fingerprint density at radius 2 is 2.37 bits per heavy atom. The number of pyridine rings is 1. The van der Waals surface area contributed by atoms with Gasteiger partial charge in [0.2, 0.25) is 0 Å². The zero-order valence-corrected chi connectivity index (χ0v) is 15.7. The summed E-state index contributed by atoms with van der Waals surface area (Å²) in [6, 6.07) is 5.70. The van der Waals surface area contributed by atoms with Crippen molar-refractivity contribution < 1.29 is 14.3 Å². The van der Waals surface area contributed by atoms with Gasteiger partial charge in [-0.25, -0.2) is 4.79 Å². The summed E-state index contributed by atoms with van der Waals surface area (Å²) in [6.45, 7) is 6.47. The molecule has 0 fully saturated rings. The van der Waals surface area contributed by atoms with Gasteiger partial charge in [0.05, 0.1) is 30.6 Å². The van der Waals surface area contributed by atoms with Gasteiger partial charge in [-0.1, -0.05) is 6.58 Å². The fraction of sp³-hybridized carbons (Fsp3) is 0.263. The van der Waals surface area contributed by atoms with Crippen LogP contribution in [0.1, 0.15) is 22.9 Å². The number of rotatable bonds is 4. The molecule has 0 atom stereocenters. The molecule has 0 radical (unpaired) electrons. The van der Waals surface area contributed by atoms with E-state index in [1.165, 1.54) is 22.3 Å². The minimum absolute atomic E-state index is 0.309. The molecule has 8 heteroatoms. The minimum Gasteiger partial charge on any atom is -0.450 e. The zero-order chi connectivity index (χ0) is 19.4. The second kappa shape index (κ2) is 8.01. The van der Waals surface area contributed by atoms with Crippen molar-refractivity contribution in [2.24, 2.45) is 0 Å². The third-order valence-corrected chi connectivity index (χ3v) is 5.38. The minimum atomic E-state index is -0.372. The molecule has 0 aliphatic carbocycles. The first-order chi connectivity index (χ1) is 13.1. The van der Waals surface area contributed by atoms with Crippen molar-refractivity contribution >= 4 is 34.0 Å². The van der Waals surface area contributed by atoms with Gasteiger partial charge >= 0.3 is 6.09 Å². The molecule has 0 saturated heterocycles. The lowest BCUT2D eigenvalue weighted by molar-refractivity contribution is -0.113. The van der Waals surface area contributed by atoms with Gasteiger partial charge in [-0.15, -0.1) is 11.3 Å². The standard InChI is InChI=1S/C19H18N4O3S/c1-3-17(24)23(13-6-5-8-21-11-13)18-15(10-20)14-7-9-22(12-16(14)27-18)19(25)26-4-2/h3,5-6,8,11H,1,4,7,9,12H2,2H3. The van der Waals surface area contributed by atoms with E-state index in [0.717, 1.165) is 10.4 Å². The van der Waals surface area contributed by atoms with Gasteiger partial charge < -0.3 is 9.64 Å². The van der Waals surface area contributed by atoms with E-state index >= 15 is 0 Å². The number of fused-ring (bicyclic) bond motifs is 1. The van der Waals surface area contributed by atoms with E-state index < -0.39 is 0 Å². The number of nitrogens with zero attached hydrogens (tertiary/aromatic N) is 4. The highest BCUT2D eigenvalue weighted by Crippen LogP contribution is 2.41. The van der Waals surface area contributed by atoms with E-state index in [9.17, 15) is 14.9 Å². The summed E-state index contributed by atoms with van der Waals surface area (Å²) in [5.41, 5.74) is 1.89. The molecule has 27 heavy (non-hydrogen) atoms. The van der Waals surface area contributed by atoms with Gasteiger partial charge in [0.1, 0.15) is 11.1 Å². The molecule has 0 aromatic carbocycles. The smallest absolute Gasteiger partial charge is 0.410 e. The summed E-state index contributed by atoms with van der Waals surface area (Å²) in [7, 11) is 0. The molecule has 3 rings (SSSR count). The van der Waals surface area contributed by atoms with Crippen LogP contribution in [0.15, 0.2) is 37.2 Å². The summed E-state index contributed by atoms with van der Waals surface area (Å²) in [4.78, 5) is 32.6. The average Bonchev–Trinajstić information content (AvgIpc) is 3.06. The molecule has 2 aromatic rings. The Hall–Kier alpha value is -3.18. The highest BCUT2D eigenvalue weighted by molar-refractivity contribution is 7.16. The lowest BCUT2D eigenvalue weighted by Crippen LogP contribution is -2.35. The summed E-state index contributed by atoms with van der Waals surface area (Å²) >= 11 is 1.33. The van der Waals surface area contributed by atoms with Gasteiger partial charge in [0.25, 0.3) is 5.91 Å². The molecule has 0 spiro atoms. The quantitative estimate of drug-likeness (QED) is 0.757. The molecule has 1 aliphatic rings. The third-order valence-electron chi connectivity index (χ3n) is 4.18. The van der Waals surface area contributed by atoms with Crippen LogP contribution in [-0.2, 0) is 22.5 Å². The maximum atomic E-state index is 12.5. The van der Waals surface area contributed by atoms with Gasteiger partial charge in [-0.2, -0.15) is 5.26 Å². The molecule has 0 saturated carbocycles. The normalized spacial score (nSPS) is 12.7. The van der Waals surface area contributed by atoms with Crippen LogP contribution in [0.3, 0.4) is 0 Å². The second-order valence-electron chi connectivity index (χ2n) is 5.76. The monoisotopic (exact) mass is 382 g/mol. The van der Waals surface area contributed by atoms with Crippen LogP contribution in [-0.4, -0.2) is 35.0 Å². The Morgan fingerprint density at radius 1 is 1.56 bits per heavy atom. The Kier molecular flexibility index (Phi) is 5.52. The molecule has 0 unspecified atom stereocenters. The Labute approximate surface area is 161 Å². The average molecular weight is 382 g/mol. The fourth-order valence-corrected chi connectivity index (χ4v) is 4.29. The molecule has 138 valence electrons. The molecule has 1 aliphatic heterocycles. The molecular weight excluding hydrogens is 364 g/mol. The Bertz CT molecular complexity index is 917. The maximum absolute atomic E-state index is 12.5. The molecule has 2 amide bonds. The van der Waals surface area contributed by atoms with E-state index in [4.69, 9.17) is 4.74 Å². The van der Waals surface area contributed by atoms with Crippen molar-refractivity contribution in [2.45, 2.75) is 19.9 Å². The molecule has 0 N–H and O–H groups in total. The van der Waals surface area contributed by atoms with Crippen molar-refractivity contribution in [1.29, 1.82) is 5.26 Å². The first kappa shape index (κ1) is 18.6.